The van der Waals surface area contributed by atoms with Crippen LogP contribution in [0.5, 0.6) is 0 Å². The van der Waals surface area contributed by atoms with E-state index in [1.54, 1.807) is 6.20 Å². The Morgan fingerprint density at radius 3 is 1.82 bits per heavy atom. The van der Waals surface area contributed by atoms with Crippen molar-refractivity contribution in [2.45, 2.75) is 0 Å². The van der Waals surface area contributed by atoms with Gasteiger partial charge in [-0.05, 0) is 52.9 Å². The Kier molecular flexibility index (Phi) is 5.60. The summed E-state index contributed by atoms with van der Waals surface area (Å²) in [5.74, 6) is 0.652. The van der Waals surface area contributed by atoms with Crippen LogP contribution in [0, 0.1) is 0 Å². The van der Waals surface area contributed by atoms with E-state index in [4.69, 9.17) is 9.97 Å². The van der Waals surface area contributed by atoms with Gasteiger partial charge in [-0.1, -0.05) is 115 Å². The minimum absolute atomic E-state index is 0.652. The topological polar surface area (TPSA) is 48.0 Å². The van der Waals surface area contributed by atoms with E-state index >= 15 is 0 Å². The van der Waals surface area contributed by atoms with E-state index in [-0.39, 0.29) is 0 Å². The molecule has 11 aromatic rings. The Balaban J connectivity index is 1.24. The molecule has 0 aliphatic rings. The van der Waals surface area contributed by atoms with E-state index < -0.39 is 0 Å². The van der Waals surface area contributed by atoms with Crippen molar-refractivity contribution in [1.29, 1.82) is 0 Å². The highest BCUT2D eigenvalue weighted by Crippen LogP contribution is 2.41. The minimum Gasteiger partial charge on any atom is -0.309 e. The second-order valence-electron chi connectivity index (χ2n) is 12.9. The van der Waals surface area contributed by atoms with Gasteiger partial charge in [0.05, 0.1) is 38.8 Å². The molecule has 0 saturated carbocycles. The third-order valence-electron chi connectivity index (χ3n) is 10.2. The number of pyridine rings is 2. The zero-order valence-electron chi connectivity index (χ0n) is 26.8. The number of benzene rings is 6. The molecule has 0 unspecified atom stereocenters. The summed E-state index contributed by atoms with van der Waals surface area (Å²) in [4.78, 5) is 15.0. The highest BCUT2D eigenvalue weighted by molar-refractivity contribution is 6.22. The lowest BCUT2D eigenvalue weighted by molar-refractivity contribution is 1.02. The van der Waals surface area contributed by atoms with E-state index in [1.807, 2.05) is 12.3 Å². The number of nitrogens with zero attached hydrogens (tertiary/aromatic N) is 5. The normalized spacial score (nSPS) is 12.0. The molecular weight excluding hydrogens is 611 g/mol. The summed E-state index contributed by atoms with van der Waals surface area (Å²) in [7, 11) is 0. The van der Waals surface area contributed by atoms with Crippen molar-refractivity contribution in [1.82, 2.24) is 23.9 Å². The van der Waals surface area contributed by atoms with Crippen LogP contribution in [-0.2, 0) is 0 Å². The summed E-state index contributed by atoms with van der Waals surface area (Å²) in [6.07, 6.45) is 3.70. The van der Waals surface area contributed by atoms with Gasteiger partial charge in [-0.2, -0.15) is 0 Å². The number of para-hydroxylation sites is 3. The number of hydrogen-bond donors (Lipinski definition) is 0. The molecule has 0 amide bonds. The first-order chi connectivity index (χ1) is 24.8. The van der Waals surface area contributed by atoms with Gasteiger partial charge in [-0.25, -0.2) is 9.97 Å². The summed E-state index contributed by atoms with van der Waals surface area (Å²) in [6.45, 7) is 0. The van der Waals surface area contributed by atoms with Crippen LogP contribution in [0.25, 0.3) is 99.1 Å². The molecule has 50 heavy (non-hydrogen) atoms. The molecule has 0 aliphatic heterocycles. The van der Waals surface area contributed by atoms with E-state index in [0.717, 1.165) is 49.8 Å². The smallest absolute Gasteiger partial charge is 0.235 e. The van der Waals surface area contributed by atoms with Crippen LogP contribution in [0.15, 0.2) is 164 Å². The van der Waals surface area contributed by atoms with Gasteiger partial charge in [-0.15, -0.1) is 0 Å². The lowest BCUT2D eigenvalue weighted by atomic mass is 10.0. The first kappa shape index (κ1) is 27.1. The number of fused-ring (bicyclic) bond motifs is 13. The van der Waals surface area contributed by atoms with Gasteiger partial charge in [0, 0.05) is 50.3 Å². The molecule has 6 aromatic carbocycles. The molecule has 0 atom stereocenters. The molecule has 5 heteroatoms. The molecule has 0 fully saturated rings. The summed E-state index contributed by atoms with van der Waals surface area (Å²) in [5, 5.41) is 8.27. The van der Waals surface area contributed by atoms with Gasteiger partial charge in [0.2, 0.25) is 5.95 Å². The minimum atomic E-state index is 0.652. The van der Waals surface area contributed by atoms with Crippen LogP contribution in [0.1, 0.15) is 0 Å². The molecule has 0 saturated heterocycles. The van der Waals surface area contributed by atoms with E-state index in [1.165, 1.54) is 43.4 Å². The van der Waals surface area contributed by atoms with Crippen LogP contribution in [0.2, 0.25) is 0 Å². The highest BCUT2D eigenvalue weighted by atomic mass is 15.2. The van der Waals surface area contributed by atoms with Gasteiger partial charge < -0.3 is 4.40 Å². The lowest BCUT2D eigenvalue weighted by Crippen LogP contribution is -2.03. The predicted molar refractivity (Wildman–Crippen MR) is 206 cm³/mol. The molecule has 11 rings (SSSR count). The second kappa shape index (κ2) is 10.3. The quantitative estimate of drug-likeness (QED) is 0.181. The van der Waals surface area contributed by atoms with Crippen molar-refractivity contribution >= 4 is 70.8 Å². The van der Waals surface area contributed by atoms with Crippen molar-refractivity contribution in [2.75, 3.05) is 0 Å². The average molecular weight is 638 g/mol. The van der Waals surface area contributed by atoms with E-state index in [2.05, 4.69) is 160 Å². The Bertz CT molecular complexity index is 3140. The maximum Gasteiger partial charge on any atom is 0.235 e. The third-order valence-corrected chi connectivity index (χ3v) is 10.2. The van der Waals surface area contributed by atoms with Crippen molar-refractivity contribution in [3.05, 3.63) is 164 Å². The summed E-state index contributed by atoms with van der Waals surface area (Å²) in [6, 6.07) is 53.9. The Labute approximate surface area is 286 Å². The van der Waals surface area contributed by atoms with E-state index in [0.29, 0.717) is 5.95 Å². The van der Waals surface area contributed by atoms with Gasteiger partial charge in [-0.3, -0.25) is 9.55 Å². The molecule has 232 valence electrons. The van der Waals surface area contributed by atoms with Crippen molar-refractivity contribution in [3.63, 3.8) is 0 Å². The molecule has 0 radical (unpaired) electrons. The SMILES string of the molecule is c1cncc(-c2ccc(-c3nc(-n4c5ccccc5c5ccc6c(cc7c8ccccc8c8ccccc8n76)c54)nc4ccccc34)cc2)c1. The van der Waals surface area contributed by atoms with Crippen LogP contribution < -0.4 is 0 Å². The summed E-state index contributed by atoms with van der Waals surface area (Å²) >= 11 is 0. The molecule has 5 heterocycles. The Morgan fingerprint density at radius 1 is 0.400 bits per heavy atom. The Hall–Kier alpha value is -6.85. The number of rotatable bonds is 3. The van der Waals surface area contributed by atoms with Crippen molar-refractivity contribution < 1.29 is 0 Å². The van der Waals surface area contributed by atoms with Crippen LogP contribution in [0.4, 0.5) is 0 Å². The largest absolute Gasteiger partial charge is 0.309 e. The fraction of sp³-hybridized carbons (Fsp3) is 0. The fourth-order valence-corrected chi connectivity index (χ4v) is 7.98. The van der Waals surface area contributed by atoms with Crippen LogP contribution in [-0.4, -0.2) is 23.9 Å². The van der Waals surface area contributed by atoms with E-state index in [9.17, 15) is 0 Å². The molecule has 0 N–H and O–H groups in total. The Morgan fingerprint density at radius 2 is 1.04 bits per heavy atom. The zero-order valence-corrected chi connectivity index (χ0v) is 26.8. The highest BCUT2D eigenvalue weighted by Gasteiger charge is 2.21. The standard InChI is InChI=1S/C45H27N5/c1-2-13-33-31(11-1)32-12-4-7-17-39(32)49-41-24-23-35-34-14-5-8-18-40(34)50(44(35)37(41)26-42(33)49)45-47-38-16-6-3-15-36(38)43(48-45)29-21-19-28(20-22-29)30-10-9-25-46-27-30/h1-27H. The number of aromatic nitrogens is 5. The monoisotopic (exact) mass is 637 g/mol. The van der Waals surface area contributed by atoms with Crippen molar-refractivity contribution in [2.24, 2.45) is 0 Å². The summed E-state index contributed by atoms with van der Waals surface area (Å²) in [5.41, 5.74) is 10.8. The summed E-state index contributed by atoms with van der Waals surface area (Å²) < 4.78 is 4.70. The third kappa shape index (κ3) is 3.80. The van der Waals surface area contributed by atoms with Gasteiger partial charge in [0.1, 0.15) is 0 Å². The first-order valence-corrected chi connectivity index (χ1v) is 16.9. The molecule has 5 nitrogen and oxygen atoms in total. The molecule has 0 spiro atoms. The van der Waals surface area contributed by atoms with Crippen LogP contribution >= 0.6 is 0 Å². The van der Waals surface area contributed by atoms with Gasteiger partial charge in [0.25, 0.3) is 0 Å². The van der Waals surface area contributed by atoms with Gasteiger partial charge >= 0.3 is 0 Å². The zero-order chi connectivity index (χ0) is 32.8. The molecular formula is C45H27N5. The molecule has 0 bridgehead atoms. The second-order valence-corrected chi connectivity index (χ2v) is 12.9. The average Bonchev–Trinajstić information content (AvgIpc) is 3.75. The maximum atomic E-state index is 5.41. The molecule has 5 aromatic heterocycles. The fourth-order valence-electron chi connectivity index (χ4n) is 7.98. The lowest BCUT2D eigenvalue weighted by Gasteiger charge is -2.12. The molecule has 0 aliphatic carbocycles. The predicted octanol–water partition coefficient (Wildman–Crippen LogP) is 11.2. The number of hydrogen-bond acceptors (Lipinski definition) is 3. The van der Waals surface area contributed by atoms with Crippen LogP contribution in [0.3, 0.4) is 0 Å². The maximum absolute atomic E-state index is 5.41. The first-order valence-electron chi connectivity index (χ1n) is 16.9. The van der Waals surface area contributed by atoms with Gasteiger partial charge in [0.15, 0.2) is 0 Å². The van der Waals surface area contributed by atoms with Crippen molar-refractivity contribution in [3.8, 4) is 28.3 Å².